The molecule has 0 atom stereocenters. The van der Waals surface area contributed by atoms with Gasteiger partial charge < -0.3 is 9.64 Å². The molecular formula is C24H22N4O8S. The van der Waals surface area contributed by atoms with E-state index in [1.807, 2.05) is 0 Å². The van der Waals surface area contributed by atoms with Crippen molar-refractivity contribution in [1.29, 1.82) is 0 Å². The molecule has 2 saturated heterocycles. The fourth-order valence-corrected chi connectivity index (χ4v) is 4.76. The third-order valence-electron chi connectivity index (χ3n) is 6.04. The lowest BCUT2D eigenvalue weighted by Crippen LogP contribution is -2.45. The van der Waals surface area contributed by atoms with Gasteiger partial charge in [0, 0.05) is 19.2 Å². The highest BCUT2D eigenvalue weighted by molar-refractivity contribution is 8.18. The van der Waals surface area contributed by atoms with Crippen LogP contribution in [0.2, 0.25) is 0 Å². The number of hydrogen-bond acceptors (Lipinski definition) is 9. The Bertz CT molecular complexity index is 1320. The summed E-state index contributed by atoms with van der Waals surface area (Å²) in [6.45, 7) is 3.01. The van der Waals surface area contributed by atoms with Gasteiger partial charge in [-0.25, -0.2) is 0 Å². The summed E-state index contributed by atoms with van der Waals surface area (Å²) in [5, 5.41) is 21.8. The molecule has 2 aliphatic rings. The van der Waals surface area contributed by atoms with E-state index in [2.05, 4.69) is 6.92 Å². The van der Waals surface area contributed by atoms with Crippen molar-refractivity contribution in [3.63, 3.8) is 0 Å². The zero-order valence-corrected chi connectivity index (χ0v) is 20.5. The van der Waals surface area contributed by atoms with Crippen LogP contribution in [0, 0.1) is 26.1 Å². The molecule has 2 fully saturated rings. The van der Waals surface area contributed by atoms with Crippen molar-refractivity contribution in [1.82, 2.24) is 9.80 Å². The Morgan fingerprint density at radius 1 is 1.11 bits per heavy atom. The number of likely N-dealkylation sites (tertiary alicyclic amines) is 1. The van der Waals surface area contributed by atoms with Gasteiger partial charge in [0.25, 0.3) is 16.8 Å². The summed E-state index contributed by atoms with van der Waals surface area (Å²) >= 11 is 0.720. The first-order valence-corrected chi connectivity index (χ1v) is 12.2. The van der Waals surface area contributed by atoms with E-state index in [4.69, 9.17) is 4.74 Å². The lowest BCUT2D eigenvalue weighted by atomic mass is 9.99. The molecule has 37 heavy (non-hydrogen) atoms. The number of nitrogens with zero attached hydrogens (tertiary/aromatic N) is 4. The number of carbonyl (C=O) groups excluding carboxylic acids is 3. The van der Waals surface area contributed by atoms with Crippen LogP contribution in [0.4, 0.5) is 16.2 Å². The summed E-state index contributed by atoms with van der Waals surface area (Å²) in [7, 11) is 0. The summed E-state index contributed by atoms with van der Waals surface area (Å²) in [5.74, 6) is -0.324. The van der Waals surface area contributed by atoms with Crippen molar-refractivity contribution in [3.05, 3.63) is 73.2 Å². The van der Waals surface area contributed by atoms with E-state index in [9.17, 15) is 34.6 Å². The minimum absolute atomic E-state index is 0.128. The zero-order chi connectivity index (χ0) is 26.7. The fourth-order valence-electron chi connectivity index (χ4n) is 3.92. The van der Waals surface area contributed by atoms with E-state index in [0.717, 1.165) is 47.7 Å². The van der Waals surface area contributed by atoms with Crippen LogP contribution in [-0.4, -0.2) is 56.3 Å². The second kappa shape index (κ2) is 10.8. The second-order valence-electron chi connectivity index (χ2n) is 8.67. The highest BCUT2D eigenvalue weighted by Gasteiger charge is 2.37. The van der Waals surface area contributed by atoms with E-state index >= 15 is 0 Å². The van der Waals surface area contributed by atoms with Crippen LogP contribution >= 0.6 is 11.8 Å². The number of imide groups is 1. The van der Waals surface area contributed by atoms with Crippen molar-refractivity contribution in [2.24, 2.45) is 5.92 Å². The molecular weight excluding hydrogens is 504 g/mol. The molecule has 0 aromatic heterocycles. The minimum atomic E-state index is -0.784. The van der Waals surface area contributed by atoms with Crippen LogP contribution in [-0.2, 0) is 9.59 Å². The first-order valence-electron chi connectivity index (χ1n) is 11.4. The Hall–Kier alpha value is -4.26. The highest BCUT2D eigenvalue weighted by Crippen LogP contribution is 2.36. The third-order valence-corrected chi connectivity index (χ3v) is 6.94. The predicted molar refractivity (Wildman–Crippen MR) is 134 cm³/mol. The lowest BCUT2D eigenvalue weighted by Gasteiger charge is -2.31. The number of rotatable bonds is 7. The Kier molecular flexibility index (Phi) is 7.53. The van der Waals surface area contributed by atoms with Crippen molar-refractivity contribution in [2.75, 3.05) is 19.6 Å². The summed E-state index contributed by atoms with van der Waals surface area (Å²) in [5.41, 5.74) is -0.547. The van der Waals surface area contributed by atoms with Gasteiger partial charge in [0.15, 0.2) is 0 Å². The Balaban J connectivity index is 1.48. The number of thioether (sulfide) groups is 1. The topological polar surface area (TPSA) is 153 Å². The van der Waals surface area contributed by atoms with Crippen LogP contribution in [0.1, 0.15) is 25.3 Å². The maximum Gasteiger partial charge on any atom is 0.318 e. The monoisotopic (exact) mass is 526 g/mol. The quantitative estimate of drug-likeness (QED) is 0.286. The number of non-ortho nitro benzene ring substituents is 1. The Morgan fingerprint density at radius 3 is 2.51 bits per heavy atom. The second-order valence-corrected chi connectivity index (χ2v) is 9.67. The van der Waals surface area contributed by atoms with Crippen LogP contribution < -0.4 is 4.74 Å². The average molecular weight is 527 g/mol. The molecule has 2 heterocycles. The number of carbonyl (C=O) groups is 3. The summed E-state index contributed by atoms with van der Waals surface area (Å²) in [6, 6.07) is 9.28. The number of ether oxygens (including phenoxy) is 1. The summed E-state index contributed by atoms with van der Waals surface area (Å²) in [6.07, 6.45) is 3.24. The van der Waals surface area contributed by atoms with Gasteiger partial charge >= 0.3 is 5.69 Å². The SMILES string of the molecule is CC1CCN(C(=O)CN2C(=O)S/C(=C/c3cccc(Oc4ccc([N+](=O)[O-])cc4[N+](=O)[O-])c3)C2=O)CC1. The molecule has 13 heteroatoms. The molecule has 2 aromatic rings. The maximum absolute atomic E-state index is 12.9. The molecule has 0 bridgehead atoms. The maximum atomic E-state index is 12.9. The van der Waals surface area contributed by atoms with Crippen molar-refractivity contribution >= 4 is 46.3 Å². The largest absolute Gasteiger partial charge is 0.450 e. The van der Waals surface area contributed by atoms with Gasteiger partial charge in [0.05, 0.1) is 20.8 Å². The van der Waals surface area contributed by atoms with Gasteiger partial charge in [-0.1, -0.05) is 19.1 Å². The first-order chi connectivity index (χ1) is 17.6. The van der Waals surface area contributed by atoms with Crippen molar-refractivity contribution in [2.45, 2.75) is 19.8 Å². The number of nitro benzene ring substituents is 2. The number of hydrogen-bond donors (Lipinski definition) is 0. The molecule has 4 rings (SSSR count). The normalized spacial score (nSPS) is 17.4. The summed E-state index contributed by atoms with van der Waals surface area (Å²) in [4.78, 5) is 61.4. The van der Waals surface area contributed by atoms with E-state index in [0.29, 0.717) is 24.6 Å². The van der Waals surface area contributed by atoms with Gasteiger partial charge in [-0.15, -0.1) is 0 Å². The predicted octanol–water partition coefficient (Wildman–Crippen LogP) is 4.59. The molecule has 0 unspecified atom stereocenters. The van der Waals surface area contributed by atoms with Gasteiger partial charge in [0.1, 0.15) is 12.3 Å². The van der Waals surface area contributed by atoms with Crippen LogP contribution in [0.3, 0.4) is 0 Å². The molecule has 3 amide bonds. The van der Waals surface area contributed by atoms with Crippen molar-refractivity contribution < 1.29 is 29.0 Å². The summed E-state index contributed by atoms with van der Waals surface area (Å²) < 4.78 is 5.59. The highest BCUT2D eigenvalue weighted by atomic mass is 32.2. The lowest BCUT2D eigenvalue weighted by molar-refractivity contribution is -0.394. The molecule has 0 saturated carbocycles. The van der Waals surface area contributed by atoms with Crippen LogP contribution in [0.25, 0.3) is 6.08 Å². The first kappa shape index (κ1) is 25.8. The molecule has 0 N–H and O–H groups in total. The number of benzene rings is 2. The standard InChI is InChI=1S/C24H22N4O8S/c1-15-7-9-25(10-8-15)22(29)14-26-23(30)21(37-24(26)31)12-16-3-2-4-18(11-16)36-20-6-5-17(27(32)33)13-19(20)28(34)35/h2-6,11-13,15H,7-10,14H2,1H3/b21-12+. The number of piperidine rings is 1. The van der Waals surface area contributed by atoms with Gasteiger partial charge in [-0.2, -0.15) is 0 Å². The molecule has 12 nitrogen and oxygen atoms in total. The van der Waals surface area contributed by atoms with Crippen molar-refractivity contribution in [3.8, 4) is 11.5 Å². The van der Waals surface area contributed by atoms with E-state index < -0.39 is 32.4 Å². The van der Waals surface area contributed by atoms with Crippen LogP contribution in [0.5, 0.6) is 11.5 Å². The molecule has 2 aliphatic heterocycles. The average Bonchev–Trinajstić information content (AvgIpc) is 3.11. The molecule has 0 spiro atoms. The van der Waals surface area contributed by atoms with E-state index in [1.54, 1.807) is 17.0 Å². The molecule has 0 aliphatic carbocycles. The van der Waals surface area contributed by atoms with Gasteiger partial charge in [-0.3, -0.25) is 39.5 Å². The van der Waals surface area contributed by atoms with Gasteiger partial charge in [-0.05, 0) is 60.4 Å². The number of amides is 3. The van der Waals surface area contributed by atoms with E-state index in [1.165, 1.54) is 18.2 Å². The Labute approximate surface area is 215 Å². The molecule has 0 radical (unpaired) electrons. The van der Waals surface area contributed by atoms with E-state index in [-0.39, 0.29) is 28.9 Å². The van der Waals surface area contributed by atoms with Gasteiger partial charge in [0.2, 0.25) is 11.7 Å². The Morgan fingerprint density at radius 2 is 1.84 bits per heavy atom. The smallest absolute Gasteiger partial charge is 0.318 e. The third kappa shape index (κ3) is 5.94. The fraction of sp³-hybridized carbons (Fsp3) is 0.292. The zero-order valence-electron chi connectivity index (χ0n) is 19.7. The number of nitro groups is 2. The minimum Gasteiger partial charge on any atom is -0.450 e. The molecule has 2 aromatic carbocycles. The molecule has 192 valence electrons. The van der Waals surface area contributed by atoms with Crippen LogP contribution in [0.15, 0.2) is 47.4 Å².